The smallest absolute Gasteiger partial charge is 0.360 e. The molecule has 0 amide bonds. The molecule has 3 rings (SSSR count). The van der Waals surface area contributed by atoms with E-state index >= 15 is 0 Å². The molecule has 0 aliphatic rings. The Kier molecular flexibility index (Phi) is 4.74. The van der Waals surface area contributed by atoms with Crippen LogP contribution in [-0.4, -0.2) is 22.5 Å². The molecular weight excluding hydrogens is 306 g/mol. The maximum absolute atomic E-state index is 12.4. The van der Waals surface area contributed by atoms with Crippen molar-refractivity contribution in [2.75, 3.05) is 11.9 Å². The number of nitrogens with one attached hydrogen (secondary N) is 1. The predicted octanol–water partition coefficient (Wildman–Crippen LogP) is 3.65. The summed E-state index contributed by atoms with van der Waals surface area (Å²) in [5.74, 6) is 0.899. The van der Waals surface area contributed by atoms with Crippen LogP contribution in [0.1, 0.15) is 30.1 Å². The summed E-state index contributed by atoms with van der Waals surface area (Å²) in [5, 5.41) is 3.11. The summed E-state index contributed by atoms with van der Waals surface area (Å²) >= 11 is 0. The second-order valence-corrected chi connectivity index (χ2v) is 5.83. The van der Waals surface area contributed by atoms with Gasteiger partial charge in [-0.1, -0.05) is 26.0 Å². The van der Waals surface area contributed by atoms with E-state index in [0.717, 1.165) is 5.76 Å². The molecule has 6 nitrogen and oxygen atoms in total. The Labute approximate surface area is 139 Å². The van der Waals surface area contributed by atoms with Gasteiger partial charge in [-0.2, -0.15) is 0 Å². The zero-order chi connectivity index (χ0) is 16.9. The van der Waals surface area contributed by atoms with Gasteiger partial charge in [-0.05, 0) is 30.2 Å². The zero-order valence-corrected chi connectivity index (χ0v) is 13.7. The first kappa shape index (κ1) is 16.0. The number of para-hydroxylation sites is 2. The summed E-state index contributed by atoms with van der Waals surface area (Å²) in [6.07, 6.45) is 1.60. The van der Waals surface area contributed by atoms with Gasteiger partial charge in [-0.3, -0.25) is 0 Å². The number of benzene rings is 1. The van der Waals surface area contributed by atoms with Gasteiger partial charge in [0.15, 0.2) is 11.5 Å². The standard InChI is InChI=1S/C18H19N3O3/c1-12(2)11-24-18(22)16-17(19-10-13-6-5-9-23-13)21-15-8-4-3-7-14(15)20-16/h3-9,12H,10-11H2,1-2H3,(H,19,21). The lowest BCUT2D eigenvalue weighted by Gasteiger charge is -2.12. The summed E-state index contributed by atoms with van der Waals surface area (Å²) in [5.41, 5.74) is 1.54. The van der Waals surface area contributed by atoms with E-state index in [1.165, 1.54) is 0 Å². The third-order valence-corrected chi connectivity index (χ3v) is 3.32. The Balaban J connectivity index is 1.90. The van der Waals surface area contributed by atoms with Gasteiger partial charge < -0.3 is 14.5 Å². The number of anilines is 1. The van der Waals surface area contributed by atoms with E-state index in [4.69, 9.17) is 9.15 Å². The van der Waals surface area contributed by atoms with Crippen molar-refractivity contribution in [3.63, 3.8) is 0 Å². The fraction of sp³-hybridized carbons (Fsp3) is 0.278. The highest BCUT2D eigenvalue weighted by Gasteiger charge is 2.18. The lowest BCUT2D eigenvalue weighted by atomic mass is 10.2. The first-order valence-corrected chi connectivity index (χ1v) is 7.83. The summed E-state index contributed by atoms with van der Waals surface area (Å²) in [7, 11) is 0. The van der Waals surface area contributed by atoms with E-state index in [9.17, 15) is 4.79 Å². The minimum absolute atomic E-state index is 0.181. The first-order chi connectivity index (χ1) is 11.6. The number of rotatable bonds is 6. The van der Waals surface area contributed by atoms with E-state index in [2.05, 4.69) is 15.3 Å². The molecule has 0 atom stereocenters. The van der Waals surface area contributed by atoms with E-state index in [0.29, 0.717) is 30.0 Å². The maximum Gasteiger partial charge on any atom is 0.360 e. The number of carbonyl (C=O) groups excluding carboxylic acids is 1. The molecule has 124 valence electrons. The van der Waals surface area contributed by atoms with Gasteiger partial charge in [0.2, 0.25) is 0 Å². The largest absolute Gasteiger partial charge is 0.467 e. The van der Waals surface area contributed by atoms with Crippen LogP contribution in [0, 0.1) is 5.92 Å². The average molecular weight is 325 g/mol. The second-order valence-electron chi connectivity index (χ2n) is 5.83. The van der Waals surface area contributed by atoms with Crippen LogP contribution >= 0.6 is 0 Å². The van der Waals surface area contributed by atoms with Crippen molar-refractivity contribution in [1.29, 1.82) is 0 Å². The normalized spacial score (nSPS) is 11.0. The minimum Gasteiger partial charge on any atom is -0.467 e. The van der Waals surface area contributed by atoms with Crippen LogP contribution in [-0.2, 0) is 11.3 Å². The molecule has 2 heterocycles. The molecule has 0 radical (unpaired) electrons. The second kappa shape index (κ2) is 7.12. The number of esters is 1. The molecule has 0 saturated carbocycles. The van der Waals surface area contributed by atoms with Crippen LogP contribution in [0.4, 0.5) is 5.82 Å². The van der Waals surface area contributed by atoms with Crippen LogP contribution in [0.25, 0.3) is 11.0 Å². The van der Waals surface area contributed by atoms with Gasteiger partial charge in [0.05, 0.1) is 30.4 Å². The number of fused-ring (bicyclic) bond motifs is 1. The number of hydrogen-bond acceptors (Lipinski definition) is 6. The molecule has 0 fully saturated rings. The molecule has 24 heavy (non-hydrogen) atoms. The molecule has 0 saturated heterocycles. The molecule has 6 heteroatoms. The average Bonchev–Trinajstić information content (AvgIpc) is 3.10. The first-order valence-electron chi connectivity index (χ1n) is 7.83. The molecule has 0 aliphatic carbocycles. The molecule has 2 aromatic heterocycles. The zero-order valence-electron chi connectivity index (χ0n) is 13.7. The summed E-state index contributed by atoms with van der Waals surface area (Å²) in [6, 6.07) is 11.1. The summed E-state index contributed by atoms with van der Waals surface area (Å²) in [4.78, 5) is 21.3. The Morgan fingerprint density at radius 1 is 1.17 bits per heavy atom. The number of aromatic nitrogens is 2. The van der Waals surface area contributed by atoms with Crippen LogP contribution in [0.2, 0.25) is 0 Å². The molecule has 0 aliphatic heterocycles. The molecule has 3 aromatic rings. The fourth-order valence-corrected chi connectivity index (χ4v) is 2.16. The third-order valence-electron chi connectivity index (χ3n) is 3.32. The molecule has 1 N–H and O–H groups in total. The number of furan rings is 1. The van der Waals surface area contributed by atoms with Crippen molar-refractivity contribution in [2.24, 2.45) is 5.92 Å². The van der Waals surface area contributed by atoms with Crippen molar-refractivity contribution >= 4 is 22.8 Å². The summed E-state index contributed by atoms with van der Waals surface area (Å²) < 4.78 is 10.6. The van der Waals surface area contributed by atoms with Gasteiger partial charge in [0, 0.05) is 0 Å². The van der Waals surface area contributed by atoms with Gasteiger partial charge in [0.1, 0.15) is 5.76 Å². The molecule has 0 spiro atoms. The number of hydrogen-bond donors (Lipinski definition) is 1. The Morgan fingerprint density at radius 3 is 2.58 bits per heavy atom. The van der Waals surface area contributed by atoms with Crippen molar-refractivity contribution in [3.05, 3.63) is 54.1 Å². The highest BCUT2D eigenvalue weighted by atomic mass is 16.5. The molecule has 0 bridgehead atoms. The highest BCUT2D eigenvalue weighted by Crippen LogP contribution is 2.19. The van der Waals surface area contributed by atoms with E-state index in [1.54, 1.807) is 12.3 Å². The van der Waals surface area contributed by atoms with E-state index < -0.39 is 5.97 Å². The van der Waals surface area contributed by atoms with Crippen molar-refractivity contribution < 1.29 is 13.9 Å². The molecule has 1 aromatic carbocycles. The number of ether oxygens (including phenoxy) is 1. The number of nitrogens with zero attached hydrogens (tertiary/aromatic N) is 2. The third kappa shape index (κ3) is 3.71. The van der Waals surface area contributed by atoms with Gasteiger partial charge in [0.25, 0.3) is 0 Å². The van der Waals surface area contributed by atoms with Crippen molar-refractivity contribution in [2.45, 2.75) is 20.4 Å². The predicted molar refractivity (Wildman–Crippen MR) is 90.7 cm³/mol. The lowest BCUT2D eigenvalue weighted by Crippen LogP contribution is -2.16. The topological polar surface area (TPSA) is 77.2 Å². The van der Waals surface area contributed by atoms with Gasteiger partial charge in [-0.25, -0.2) is 14.8 Å². The van der Waals surface area contributed by atoms with E-state index in [-0.39, 0.29) is 11.6 Å². The van der Waals surface area contributed by atoms with E-state index in [1.807, 2.05) is 44.2 Å². The Hall–Kier alpha value is -2.89. The number of carbonyl (C=O) groups is 1. The van der Waals surface area contributed by atoms with Gasteiger partial charge >= 0.3 is 5.97 Å². The van der Waals surface area contributed by atoms with Crippen LogP contribution in [0.3, 0.4) is 0 Å². The van der Waals surface area contributed by atoms with Crippen LogP contribution in [0.5, 0.6) is 0 Å². The molecule has 0 unspecified atom stereocenters. The van der Waals surface area contributed by atoms with Gasteiger partial charge in [-0.15, -0.1) is 0 Å². The quantitative estimate of drug-likeness (QED) is 0.697. The SMILES string of the molecule is CC(C)COC(=O)c1nc2ccccc2nc1NCc1ccco1. The monoisotopic (exact) mass is 325 g/mol. The summed E-state index contributed by atoms with van der Waals surface area (Å²) in [6.45, 7) is 4.71. The highest BCUT2D eigenvalue weighted by molar-refractivity contribution is 5.95. The minimum atomic E-state index is -0.483. The van der Waals surface area contributed by atoms with Crippen molar-refractivity contribution in [1.82, 2.24) is 9.97 Å². The molecular formula is C18H19N3O3. The Bertz CT molecular complexity index is 829. The lowest BCUT2D eigenvalue weighted by molar-refractivity contribution is 0.0453. The van der Waals surface area contributed by atoms with Crippen LogP contribution < -0.4 is 5.32 Å². The van der Waals surface area contributed by atoms with Crippen molar-refractivity contribution in [3.8, 4) is 0 Å². The van der Waals surface area contributed by atoms with Crippen LogP contribution in [0.15, 0.2) is 47.1 Å². The maximum atomic E-state index is 12.4. The Morgan fingerprint density at radius 2 is 1.92 bits per heavy atom. The fourth-order valence-electron chi connectivity index (χ4n) is 2.16.